The van der Waals surface area contributed by atoms with Crippen molar-refractivity contribution in [3.63, 3.8) is 0 Å². The van der Waals surface area contributed by atoms with E-state index in [0.29, 0.717) is 62.1 Å². The van der Waals surface area contributed by atoms with Crippen molar-refractivity contribution < 1.29 is 22.5 Å². The molecule has 2 heterocycles. The largest absolute Gasteiger partial charge is 0.379 e. The number of aromatic nitrogens is 1. The van der Waals surface area contributed by atoms with Crippen LogP contribution in [-0.2, 0) is 14.8 Å². The molecule has 1 aliphatic rings. The van der Waals surface area contributed by atoms with Crippen molar-refractivity contribution in [2.45, 2.75) is 25.7 Å². The highest BCUT2D eigenvalue weighted by Gasteiger charge is 2.28. The zero-order valence-corrected chi connectivity index (χ0v) is 21.0. The molecule has 186 valence electrons. The molecule has 0 bridgehead atoms. The highest BCUT2D eigenvalue weighted by atomic mass is 32.2. The number of amides is 1. The monoisotopic (exact) mass is 498 g/mol. The lowest BCUT2D eigenvalue weighted by molar-refractivity contribution is 0.0730. The summed E-state index contributed by atoms with van der Waals surface area (Å²) in [7, 11) is -3.74. The Bertz CT molecular complexity index is 1280. The van der Waals surface area contributed by atoms with E-state index in [1.807, 2.05) is 44.2 Å². The SMILES string of the molecule is CCN(CC)c1ccc(S(=O)(=O)N2CCOCC2)cc1NC(=O)c1c(-c2ccccc2)noc1C. The van der Waals surface area contributed by atoms with Gasteiger partial charge in [0.1, 0.15) is 17.0 Å². The molecule has 0 unspecified atom stereocenters. The number of ether oxygens (including phenoxy) is 1. The Hall–Kier alpha value is -3.21. The van der Waals surface area contributed by atoms with Crippen LogP contribution in [0.2, 0.25) is 0 Å². The van der Waals surface area contributed by atoms with Crippen LogP contribution >= 0.6 is 0 Å². The number of nitrogens with one attached hydrogen (secondary N) is 1. The maximum atomic E-state index is 13.5. The second-order valence-electron chi connectivity index (χ2n) is 8.15. The van der Waals surface area contributed by atoms with Gasteiger partial charge in [-0.05, 0) is 39.0 Å². The number of aryl methyl sites for hydroxylation is 1. The predicted molar refractivity (Wildman–Crippen MR) is 134 cm³/mol. The van der Waals surface area contributed by atoms with Crippen molar-refractivity contribution in [1.29, 1.82) is 0 Å². The number of nitrogens with zero attached hydrogens (tertiary/aromatic N) is 3. The molecule has 1 fully saturated rings. The molecule has 1 N–H and O–H groups in total. The van der Waals surface area contributed by atoms with Crippen LogP contribution in [0.1, 0.15) is 30.0 Å². The standard InChI is InChI=1S/C25H30N4O5S/c1-4-28(5-2)22-12-11-20(35(31,32)29-13-15-33-16-14-29)17-21(22)26-25(30)23-18(3)34-27-24(23)19-9-7-6-8-10-19/h6-12,17H,4-5,13-16H2,1-3H3,(H,26,30). The van der Waals surface area contributed by atoms with Crippen LogP contribution in [0.15, 0.2) is 57.9 Å². The second kappa shape index (κ2) is 10.6. The molecule has 35 heavy (non-hydrogen) atoms. The molecule has 9 nitrogen and oxygen atoms in total. The van der Waals surface area contributed by atoms with Crippen LogP contribution in [0.5, 0.6) is 0 Å². The number of morpholine rings is 1. The highest BCUT2D eigenvalue weighted by Crippen LogP contribution is 2.32. The molecule has 1 amide bonds. The Morgan fingerprint density at radius 1 is 1.09 bits per heavy atom. The summed E-state index contributed by atoms with van der Waals surface area (Å²) >= 11 is 0. The molecular formula is C25H30N4O5S. The van der Waals surface area contributed by atoms with Crippen molar-refractivity contribution in [3.8, 4) is 11.3 Å². The van der Waals surface area contributed by atoms with Crippen molar-refractivity contribution >= 4 is 27.3 Å². The van der Waals surface area contributed by atoms with Gasteiger partial charge in [-0.2, -0.15) is 4.31 Å². The molecule has 0 atom stereocenters. The van der Waals surface area contributed by atoms with Gasteiger partial charge in [0.25, 0.3) is 5.91 Å². The topological polar surface area (TPSA) is 105 Å². The number of hydrogen-bond acceptors (Lipinski definition) is 7. The molecule has 0 saturated carbocycles. The minimum Gasteiger partial charge on any atom is -0.379 e. The first-order valence-corrected chi connectivity index (χ1v) is 13.1. The minimum absolute atomic E-state index is 0.121. The van der Waals surface area contributed by atoms with E-state index in [4.69, 9.17) is 9.26 Å². The Labute approximate surface area is 205 Å². The van der Waals surface area contributed by atoms with Crippen molar-refractivity contribution in [2.75, 3.05) is 49.6 Å². The van der Waals surface area contributed by atoms with E-state index in [9.17, 15) is 13.2 Å². The first-order chi connectivity index (χ1) is 16.9. The summed E-state index contributed by atoms with van der Waals surface area (Å²) in [5.74, 6) is -0.0419. The van der Waals surface area contributed by atoms with Crippen LogP contribution in [0.3, 0.4) is 0 Å². The maximum absolute atomic E-state index is 13.5. The third-order valence-corrected chi connectivity index (χ3v) is 7.96. The van der Waals surface area contributed by atoms with E-state index >= 15 is 0 Å². The summed E-state index contributed by atoms with van der Waals surface area (Å²) in [5.41, 5.74) is 2.64. The van der Waals surface area contributed by atoms with E-state index in [-0.39, 0.29) is 4.90 Å². The Balaban J connectivity index is 1.74. The molecule has 0 aliphatic carbocycles. The van der Waals surface area contributed by atoms with Crippen LogP contribution in [0.25, 0.3) is 11.3 Å². The molecule has 1 saturated heterocycles. The number of carbonyl (C=O) groups excluding carboxylic acids is 1. The summed E-state index contributed by atoms with van der Waals surface area (Å²) in [6, 6.07) is 14.2. The number of benzene rings is 2. The summed E-state index contributed by atoms with van der Waals surface area (Å²) in [6.07, 6.45) is 0. The van der Waals surface area contributed by atoms with Crippen LogP contribution in [0.4, 0.5) is 11.4 Å². The van der Waals surface area contributed by atoms with Crippen LogP contribution in [0, 0.1) is 6.92 Å². The summed E-state index contributed by atoms with van der Waals surface area (Å²) < 4.78 is 38.6. The average molecular weight is 499 g/mol. The highest BCUT2D eigenvalue weighted by molar-refractivity contribution is 7.89. The minimum atomic E-state index is -3.74. The third-order valence-electron chi connectivity index (χ3n) is 6.07. The second-order valence-corrected chi connectivity index (χ2v) is 10.1. The van der Waals surface area contributed by atoms with E-state index in [1.165, 1.54) is 10.4 Å². The van der Waals surface area contributed by atoms with Gasteiger partial charge in [-0.15, -0.1) is 0 Å². The fourth-order valence-electron chi connectivity index (χ4n) is 4.17. The van der Waals surface area contributed by atoms with Gasteiger partial charge >= 0.3 is 0 Å². The number of sulfonamides is 1. The summed E-state index contributed by atoms with van der Waals surface area (Å²) in [4.78, 5) is 15.7. The van der Waals surface area contributed by atoms with Gasteiger partial charge in [-0.3, -0.25) is 4.79 Å². The van der Waals surface area contributed by atoms with E-state index in [0.717, 1.165) is 11.3 Å². The fourth-order valence-corrected chi connectivity index (χ4v) is 5.60. The molecule has 4 rings (SSSR count). The van der Waals surface area contributed by atoms with Gasteiger partial charge in [-0.25, -0.2) is 8.42 Å². The molecule has 0 radical (unpaired) electrons. The molecule has 1 aromatic heterocycles. The normalized spacial score (nSPS) is 14.6. The lowest BCUT2D eigenvalue weighted by atomic mass is 10.1. The number of hydrogen-bond donors (Lipinski definition) is 1. The first kappa shape index (κ1) is 24.9. The third kappa shape index (κ3) is 5.09. The van der Waals surface area contributed by atoms with Crippen LogP contribution in [-0.4, -0.2) is 63.2 Å². The van der Waals surface area contributed by atoms with Gasteiger partial charge in [0, 0.05) is 31.7 Å². The number of anilines is 2. The molecular weight excluding hydrogens is 468 g/mol. The Morgan fingerprint density at radius 2 is 1.77 bits per heavy atom. The van der Waals surface area contributed by atoms with Gasteiger partial charge in [0.15, 0.2) is 0 Å². The zero-order chi connectivity index (χ0) is 25.0. The first-order valence-electron chi connectivity index (χ1n) is 11.7. The van der Waals surface area contributed by atoms with Gasteiger partial charge < -0.3 is 19.5 Å². The molecule has 10 heteroatoms. The lowest BCUT2D eigenvalue weighted by Crippen LogP contribution is -2.40. The Morgan fingerprint density at radius 3 is 2.43 bits per heavy atom. The van der Waals surface area contributed by atoms with Crippen LogP contribution < -0.4 is 10.2 Å². The van der Waals surface area contributed by atoms with Crippen molar-refractivity contribution in [2.24, 2.45) is 0 Å². The van der Waals surface area contributed by atoms with Gasteiger partial charge in [0.05, 0.1) is 29.5 Å². The average Bonchev–Trinajstić information content (AvgIpc) is 3.28. The van der Waals surface area contributed by atoms with Gasteiger partial charge in [0.2, 0.25) is 10.0 Å². The van der Waals surface area contributed by atoms with E-state index in [1.54, 1.807) is 19.1 Å². The molecule has 2 aromatic carbocycles. The van der Waals surface area contributed by atoms with E-state index < -0.39 is 15.9 Å². The van der Waals surface area contributed by atoms with Crippen molar-refractivity contribution in [3.05, 3.63) is 59.9 Å². The maximum Gasteiger partial charge on any atom is 0.261 e. The van der Waals surface area contributed by atoms with Crippen molar-refractivity contribution in [1.82, 2.24) is 9.46 Å². The Kier molecular flexibility index (Phi) is 7.54. The summed E-state index contributed by atoms with van der Waals surface area (Å²) in [6.45, 7) is 8.37. The molecule has 3 aromatic rings. The van der Waals surface area contributed by atoms with E-state index in [2.05, 4.69) is 15.4 Å². The van der Waals surface area contributed by atoms with Gasteiger partial charge in [-0.1, -0.05) is 35.5 Å². The number of rotatable bonds is 8. The zero-order valence-electron chi connectivity index (χ0n) is 20.2. The summed E-state index contributed by atoms with van der Waals surface area (Å²) in [5, 5.41) is 7.04. The quantitative estimate of drug-likeness (QED) is 0.504. The number of carbonyl (C=O) groups is 1. The fraction of sp³-hybridized carbons (Fsp3) is 0.360. The predicted octanol–water partition coefficient (Wildman–Crippen LogP) is 3.77. The molecule has 0 spiro atoms. The molecule has 1 aliphatic heterocycles. The smallest absolute Gasteiger partial charge is 0.261 e. The lowest BCUT2D eigenvalue weighted by Gasteiger charge is -2.28.